The molecule has 0 radical (unpaired) electrons. The largest absolute Gasteiger partial charge is 0.508 e. The van der Waals surface area contributed by atoms with Crippen LogP contribution in [0.25, 0.3) is 0 Å². The lowest BCUT2D eigenvalue weighted by Crippen LogP contribution is -2.39. The van der Waals surface area contributed by atoms with Gasteiger partial charge in [-0.3, -0.25) is 14.5 Å². The number of benzene rings is 1. The van der Waals surface area contributed by atoms with Gasteiger partial charge >= 0.3 is 0 Å². The first kappa shape index (κ1) is 20.4. The van der Waals surface area contributed by atoms with Gasteiger partial charge in [-0.2, -0.15) is 0 Å². The minimum atomic E-state index is -0.105. The van der Waals surface area contributed by atoms with Gasteiger partial charge in [-0.25, -0.2) is 4.98 Å². The molecule has 1 atom stereocenters. The summed E-state index contributed by atoms with van der Waals surface area (Å²) in [4.78, 5) is 36.1. The number of H-pyrrole nitrogens is 1. The zero-order valence-corrected chi connectivity index (χ0v) is 17.5. The quantitative estimate of drug-likeness (QED) is 0.781. The Kier molecular flexibility index (Phi) is 5.76. The van der Waals surface area contributed by atoms with Gasteiger partial charge in [-0.15, -0.1) is 0 Å². The standard InChI is InChI=1S/C22H28N4O4/c1-3-30-16-6-7-20(28)15(11-16)12-26-9-4-5-19(26)21-23-18-13-25(14(2)27)10-8-17(18)22(29)24-21/h6-7,11,19,28H,3-5,8-10,12-13H2,1-2H3,(H,23,24,29)/t19-/m0/s1. The summed E-state index contributed by atoms with van der Waals surface area (Å²) in [6, 6.07) is 5.24. The zero-order chi connectivity index (χ0) is 21.3. The predicted octanol–water partition coefficient (Wildman–Crippen LogP) is 2.12. The van der Waals surface area contributed by atoms with Crippen LogP contribution in [0.2, 0.25) is 0 Å². The molecule has 0 bridgehead atoms. The molecule has 1 saturated heterocycles. The molecule has 8 heteroatoms. The summed E-state index contributed by atoms with van der Waals surface area (Å²) in [5.74, 6) is 1.59. The fourth-order valence-corrected chi connectivity index (χ4v) is 4.37. The molecule has 3 heterocycles. The van der Waals surface area contributed by atoms with Gasteiger partial charge < -0.3 is 19.7 Å². The van der Waals surface area contributed by atoms with E-state index in [-0.39, 0.29) is 23.3 Å². The maximum atomic E-state index is 12.7. The maximum absolute atomic E-state index is 12.7. The first-order chi connectivity index (χ1) is 14.5. The molecule has 0 unspecified atom stereocenters. The van der Waals surface area contributed by atoms with Gasteiger partial charge in [-0.05, 0) is 50.9 Å². The van der Waals surface area contributed by atoms with Crippen LogP contribution in [-0.2, 0) is 24.3 Å². The van der Waals surface area contributed by atoms with Crippen molar-refractivity contribution in [2.24, 2.45) is 0 Å². The van der Waals surface area contributed by atoms with Gasteiger partial charge in [0.2, 0.25) is 5.91 Å². The molecular formula is C22H28N4O4. The minimum absolute atomic E-state index is 0.00331. The van der Waals surface area contributed by atoms with Crippen molar-refractivity contribution in [3.8, 4) is 11.5 Å². The Balaban J connectivity index is 1.59. The second kappa shape index (κ2) is 8.47. The van der Waals surface area contributed by atoms with E-state index >= 15 is 0 Å². The van der Waals surface area contributed by atoms with Crippen molar-refractivity contribution in [1.29, 1.82) is 0 Å². The highest BCUT2D eigenvalue weighted by atomic mass is 16.5. The molecule has 4 rings (SSSR count). The summed E-state index contributed by atoms with van der Waals surface area (Å²) in [6.45, 7) is 6.35. The van der Waals surface area contributed by atoms with Crippen LogP contribution >= 0.6 is 0 Å². The Labute approximate surface area is 175 Å². The number of amides is 1. The second-order valence-electron chi connectivity index (χ2n) is 7.92. The Bertz CT molecular complexity index is 1000. The topological polar surface area (TPSA) is 98.8 Å². The summed E-state index contributed by atoms with van der Waals surface area (Å²) in [5, 5.41) is 10.3. The number of aromatic hydroxyl groups is 1. The molecule has 2 aliphatic rings. The third kappa shape index (κ3) is 4.05. The highest BCUT2D eigenvalue weighted by Crippen LogP contribution is 2.34. The first-order valence-electron chi connectivity index (χ1n) is 10.5. The number of hydrogen-bond donors (Lipinski definition) is 2. The van der Waals surface area contributed by atoms with Crippen LogP contribution < -0.4 is 10.3 Å². The number of phenolic OH excluding ortho intramolecular Hbond substituents is 1. The van der Waals surface area contributed by atoms with Crippen molar-refractivity contribution in [1.82, 2.24) is 19.8 Å². The van der Waals surface area contributed by atoms with Crippen LogP contribution in [0.3, 0.4) is 0 Å². The van der Waals surface area contributed by atoms with Gasteiger partial charge in [0.25, 0.3) is 5.56 Å². The molecule has 2 aliphatic heterocycles. The molecule has 30 heavy (non-hydrogen) atoms. The molecule has 0 aliphatic carbocycles. The average Bonchev–Trinajstić information content (AvgIpc) is 3.18. The molecule has 160 valence electrons. The SMILES string of the molecule is CCOc1ccc(O)c(CN2CCC[C@H]2c2nc3c(c(=O)[nH]2)CCN(C(C)=O)C3)c1. The molecule has 0 saturated carbocycles. The van der Waals surface area contributed by atoms with Crippen LogP contribution in [0.15, 0.2) is 23.0 Å². The van der Waals surface area contributed by atoms with Crippen LogP contribution in [0.5, 0.6) is 11.5 Å². The Morgan fingerprint density at radius 2 is 2.20 bits per heavy atom. The van der Waals surface area contributed by atoms with Gasteiger partial charge in [0.05, 0.1) is 24.9 Å². The molecule has 1 aromatic carbocycles. The van der Waals surface area contributed by atoms with Gasteiger partial charge in [0.1, 0.15) is 17.3 Å². The summed E-state index contributed by atoms with van der Waals surface area (Å²) >= 11 is 0. The van der Waals surface area contributed by atoms with Gasteiger partial charge in [0.15, 0.2) is 0 Å². The van der Waals surface area contributed by atoms with Crippen LogP contribution in [0.1, 0.15) is 55.4 Å². The number of likely N-dealkylation sites (tertiary alicyclic amines) is 1. The van der Waals surface area contributed by atoms with Crippen molar-refractivity contribution in [2.45, 2.75) is 52.2 Å². The third-order valence-corrected chi connectivity index (χ3v) is 5.95. The molecule has 2 aromatic rings. The maximum Gasteiger partial charge on any atom is 0.254 e. The van der Waals surface area contributed by atoms with Crippen molar-refractivity contribution < 1.29 is 14.6 Å². The van der Waals surface area contributed by atoms with E-state index in [0.717, 1.165) is 30.7 Å². The lowest BCUT2D eigenvalue weighted by atomic mass is 10.1. The number of carbonyl (C=O) groups excluding carboxylic acids is 1. The van der Waals surface area contributed by atoms with E-state index in [1.807, 2.05) is 13.0 Å². The van der Waals surface area contributed by atoms with E-state index in [1.54, 1.807) is 24.0 Å². The number of nitrogens with one attached hydrogen (secondary N) is 1. The number of hydrogen-bond acceptors (Lipinski definition) is 6. The normalized spacial score (nSPS) is 19.0. The van der Waals surface area contributed by atoms with Crippen molar-refractivity contribution in [2.75, 3.05) is 19.7 Å². The van der Waals surface area contributed by atoms with E-state index < -0.39 is 0 Å². The van der Waals surface area contributed by atoms with Crippen LogP contribution in [0.4, 0.5) is 0 Å². The second-order valence-corrected chi connectivity index (χ2v) is 7.92. The molecule has 2 N–H and O–H groups in total. The first-order valence-corrected chi connectivity index (χ1v) is 10.5. The Morgan fingerprint density at radius 1 is 1.37 bits per heavy atom. The highest BCUT2D eigenvalue weighted by molar-refractivity contribution is 5.73. The number of aromatic nitrogens is 2. The number of carbonyl (C=O) groups is 1. The molecular weight excluding hydrogens is 384 g/mol. The van der Waals surface area contributed by atoms with Crippen molar-refractivity contribution >= 4 is 5.91 Å². The van der Waals surface area contributed by atoms with Crippen molar-refractivity contribution in [3.05, 3.63) is 51.2 Å². The summed E-state index contributed by atoms with van der Waals surface area (Å²) in [7, 11) is 0. The molecule has 1 aromatic heterocycles. The van der Waals surface area contributed by atoms with Crippen LogP contribution in [0, 0.1) is 0 Å². The molecule has 1 amide bonds. The van der Waals surface area contributed by atoms with Crippen molar-refractivity contribution in [3.63, 3.8) is 0 Å². The van der Waals surface area contributed by atoms with E-state index in [0.29, 0.717) is 49.7 Å². The lowest BCUT2D eigenvalue weighted by Gasteiger charge is -2.29. The number of phenols is 1. The fourth-order valence-electron chi connectivity index (χ4n) is 4.37. The predicted molar refractivity (Wildman–Crippen MR) is 111 cm³/mol. The monoisotopic (exact) mass is 412 g/mol. The molecule has 0 spiro atoms. The Morgan fingerprint density at radius 3 is 2.97 bits per heavy atom. The van der Waals surface area contributed by atoms with E-state index in [2.05, 4.69) is 9.88 Å². The number of fused-ring (bicyclic) bond motifs is 1. The summed E-state index contributed by atoms with van der Waals surface area (Å²) in [5.41, 5.74) is 2.06. The van der Waals surface area contributed by atoms with E-state index in [1.165, 1.54) is 0 Å². The number of nitrogens with zero attached hydrogens (tertiary/aromatic N) is 3. The van der Waals surface area contributed by atoms with Gasteiger partial charge in [-0.1, -0.05) is 0 Å². The highest BCUT2D eigenvalue weighted by Gasteiger charge is 2.31. The molecule has 1 fully saturated rings. The number of ether oxygens (including phenoxy) is 1. The lowest BCUT2D eigenvalue weighted by molar-refractivity contribution is -0.129. The number of aromatic amines is 1. The van der Waals surface area contributed by atoms with E-state index in [4.69, 9.17) is 9.72 Å². The fraction of sp³-hybridized carbons (Fsp3) is 0.500. The third-order valence-electron chi connectivity index (χ3n) is 5.95. The summed E-state index contributed by atoms with van der Waals surface area (Å²) < 4.78 is 5.56. The molecule has 8 nitrogen and oxygen atoms in total. The number of rotatable bonds is 5. The Hall–Kier alpha value is -2.87. The zero-order valence-electron chi connectivity index (χ0n) is 17.5. The smallest absolute Gasteiger partial charge is 0.254 e. The average molecular weight is 412 g/mol. The van der Waals surface area contributed by atoms with Crippen LogP contribution in [-0.4, -0.2) is 50.5 Å². The summed E-state index contributed by atoms with van der Waals surface area (Å²) in [6.07, 6.45) is 2.39. The van der Waals surface area contributed by atoms with Gasteiger partial charge in [0, 0.05) is 31.1 Å². The minimum Gasteiger partial charge on any atom is -0.508 e. The van der Waals surface area contributed by atoms with E-state index in [9.17, 15) is 14.7 Å².